The molecule has 1 aliphatic rings. The zero-order chi connectivity index (χ0) is 22.0. The minimum atomic E-state index is -0.400. The van der Waals surface area contributed by atoms with Crippen LogP contribution in [0.4, 0.5) is 5.69 Å². The fourth-order valence-electron chi connectivity index (χ4n) is 4.16. The van der Waals surface area contributed by atoms with Gasteiger partial charge in [0, 0.05) is 10.1 Å². The SMILES string of the molecule is COc1cc2c(Oc3ccc(C4CCCCC4)cc3)c(C(=O)OC(C)C)sc2cc1N. The first-order valence-corrected chi connectivity index (χ1v) is 11.7. The van der Waals surface area contributed by atoms with Gasteiger partial charge in [0.05, 0.1) is 18.9 Å². The molecule has 2 aromatic carbocycles. The van der Waals surface area contributed by atoms with Gasteiger partial charge in [0.1, 0.15) is 11.5 Å². The average Bonchev–Trinajstić information content (AvgIpc) is 3.11. The lowest BCUT2D eigenvalue weighted by molar-refractivity contribution is 0.0381. The molecule has 0 saturated heterocycles. The van der Waals surface area contributed by atoms with Gasteiger partial charge in [-0.2, -0.15) is 0 Å². The second-order valence-electron chi connectivity index (χ2n) is 8.31. The number of fused-ring (bicyclic) bond motifs is 1. The number of anilines is 1. The van der Waals surface area contributed by atoms with Crippen LogP contribution in [-0.4, -0.2) is 19.2 Å². The van der Waals surface area contributed by atoms with Crippen molar-refractivity contribution >= 4 is 33.1 Å². The molecule has 164 valence electrons. The molecule has 0 unspecified atom stereocenters. The molecule has 0 radical (unpaired) electrons. The van der Waals surface area contributed by atoms with Crippen molar-refractivity contribution in [2.24, 2.45) is 0 Å². The van der Waals surface area contributed by atoms with Crippen LogP contribution < -0.4 is 15.2 Å². The van der Waals surface area contributed by atoms with E-state index in [1.165, 1.54) is 49.0 Å². The average molecular weight is 440 g/mol. The first kappa shape index (κ1) is 21.5. The summed E-state index contributed by atoms with van der Waals surface area (Å²) in [6, 6.07) is 11.9. The monoisotopic (exact) mass is 439 g/mol. The summed E-state index contributed by atoms with van der Waals surface area (Å²) >= 11 is 1.32. The van der Waals surface area contributed by atoms with E-state index in [4.69, 9.17) is 19.9 Å². The van der Waals surface area contributed by atoms with Gasteiger partial charge in [-0.15, -0.1) is 11.3 Å². The summed E-state index contributed by atoms with van der Waals surface area (Å²) in [7, 11) is 1.57. The van der Waals surface area contributed by atoms with Gasteiger partial charge < -0.3 is 19.9 Å². The number of esters is 1. The third-order valence-electron chi connectivity index (χ3n) is 5.70. The van der Waals surface area contributed by atoms with Gasteiger partial charge in [0.25, 0.3) is 0 Å². The first-order valence-electron chi connectivity index (χ1n) is 10.8. The molecule has 5 nitrogen and oxygen atoms in total. The van der Waals surface area contributed by atoms with Crippen LogP contribution in [0.15, 0.2) is 36.4 Å². The molecule has 1 aromatic heterocycles. The highest BCUT2D eigenvalue weighted by atomic mass is 32.1. The fourth-order valence-corrected chi connectivity index (χ4v) is 5.20. The molecule has 1 fully saturated rings. The Bertz CT molecular complexity index is 1070. The predicted molar refractivity (Wildman–Crippen MR) is 126 cm³/mol. The lowest BCUT2D eigenvalue weighted by Crippen LogP contribution is -2.11. The van der Waals surface area contributed by atoms with Crippen molar-refractivity contribution in [3.05, 3.63) is 46.8 Å². The molecule has 1 saturated carbocycles. The Morgan fingerprint density at radius 2 is 1.81 bits per heavy atom. The van der Waals surface area contributed by atoms with Crippen LogP contribution in [0, 0.1) is 0 Å². The third-order valence-corrected chi connectivity index (χ3v) is 6.81. The molecule has 0 atom stereocenters. The smallest absolute Gasteiger partial charge is 0.352 e. The van der Waals surface area contributed by atoms with E-state index < -0.39 is 5.97 Å². The van der Waals surface area contributed by atoms with Gasteiger partial charge >= 0.3 is 5.97 Å². The van der Waals surface area contributed by atoms with Crippen LogP contribution in [0.25, 0.3) is 10.1 Å². The number of carbonyl (C=O) groups excluding carboxylic acids is 1. The van der Waals surface area contributed by atoms with Gasteiger partial charge in [-0.3, -0.25) is 0 Å². The number of hydrogen-bond acceptors (Lipinski definition) is 6. The van der Waals surface area contributed by atoms with Gasteiger partial charge in [0.2, 0.25) is 0 Å². The van der Waals surface area contributed by atoms with E-state index in [-0.39, 0.29) is 6.10 Å². The normalized spacial score (nSPS) is 14.7. The van der Waals surface area contributed by atoms with Gasteiger partial charge in [0.15, 0.2) is 10.6 Å². The summed E-state index contributed by atoms with van der Waals surface area (Å²) in [6.45, 7) is 3.66. The maximum absolute atomic E-state index is 12.8. The Morgan fingerprint density at radius 3 is 2.45 bits per heavy atom. The summed E-state index contributed by atoms with van der Waals surface area (Å²) in [5.74, 6) is 1.95. The molecule has 4 rings (SSSR count). The van der Waals surface area contributed by atoms with Crippen LogP contribution in [0.2, 0.25) is 0 Å². The maximum atomic E-state index is 12.8. The molecular formula is C25H29NO4S. The van der Waals surface area contributed by atoms with Crippen molar-refractivity contribution in [3.8, 4) is 17.2 Å². The van der Waals surface area contributed by atoms with Crippen LogP contribution >= 0.6 is 11.3 Å². The minimum absolute atomic E-state index is 0.222. The summed E-state index contributed by atoms with van der Waals surface area (Å²) in [4.78, 5) is 13.2. The van der Waals surface area contributed by atoms with E-state index in [0.29, 0.717) is 33.7 Å². The van der Waals surface area contributed by atoms with E-state index in [2.05, 4.69) is 12.1 Å². The standard InChI is InChI=1S/C25H29NO4S/c1-15(2)29-25(27)24-23(19-13-21(28-3)20(26)14-22(19)31-24)30-18-11-9-17(10-12-18)16-7-5-4-6-8-16/h9-16H,4-8,26H2,1-3H3. The van der Waals surface area contributed by atoms with Gasteiger partial charge in [-0.05, 0) is 62.4 Å². The Balaban J connectivity index is 1.69. The molecule has 0 amide bonds. The van der Waals surface area contributed by atoms with E-state index in [1.807, 2.05) is 38.1 Å². The minimum Gasteiger partial charge on any atom is -0.495 e. The lowest BCUT2D eigenvalue weighted by Gasteiger charge is -2.22. The van der Waals surface area contributed by atoms with Crippen molar-refractivity contribution in [1.29, 1.82) is 0 Å². The lowest BCUT2D eigenvalue weighted by atomic mass is 9.84. The number of carbonyl (C=O) groups is 1. The molecule has 3 aromatic rings. The number of hydrogen-bond donors (Lipinski definition) is 1. The van der Waals surface area contributed by atoms with Crippen LogP contribution in [0.3, 0.4) is 0 Å². The molecule has 1 aliphatic carbocycles. The van der Waals surface area contributed by atoms with Crippen molar-refractivity contribution < 1.29 is 19.0 Å². The maximum Gasteiger partial charge on any atom is 0.352 e. The number of thiophene rings is 1. The number of nitrogens with two attached hydrogens (primary N) is 1. The largest absolute Gasteiger partial charge is 0.495 e. The van der Waals surface area contributed by atoms with Crippen LogP contribution in [0.5, 0.6) is 17.2 Å². The number of benzene rings is 2. The molecule has 0 bridgehead atoms. The molecule has 6 heteroatoms. The third kappa shape index (κ3) is 4.64. The number of rotatable bonds is 6. The second-order valence-corrected chi connectivity index (χ2v) is 9.36. The van der Waals surface area contributed by atoms with Crippen molar-refractivity contribution in [2.45, 2.75) is 58.0 Å². The van der Waals surface area contributed by atoms with E-state index in [0.717, 1.165) is 10.1 Å². The Morgan fingerprint density at radius 1 is 1.10 bits per heavy atom. The quantitative estimate of drug-likeness (QED) is 0.334. The Kier molecular flexibility index (Phi) is 6.37. The number of nitrogen functional groups attached to an aromatic ring is 1. The summed E-state index contributed by atoms with van der Waals surface area (Å²) < 4.78 is 18.0. The molecule has 2 N–H and O–H groups in total. The van der Waals surface area contributed by atoms with Crippen molar-refractivity contribution in [2.75, 3.05) is 12.8 Å². The van der Waals surface area contributed by atoms with Gasteiger partial charge in [-0.1, -0.05) is 31.4 Å². The zero-order valence-electron chi connectivity index (χ0n) is 18.3. The highest BCUT2D eigenvalue weighted by Gasteiger charge is 2.24. The van der Waals surface area contributed by atoms with Crippen molar-refractivity contribution in [3.63, 3.8) is 0 Å². The Hall–Kier alpha value is -2.73. The second kappa shape index (κ2) is 9.18. The number of ether oxygens (including phenoxy) is 3. The summed E-state index contributed by atoms with van der Waals surface area (Å²) in [5.41, 5.74) is 7.95. The Labute approximate surface area is 187 Å². The van der Waals surface area contributed by atoms with E-state index in [1.54, 1.807) is 7.11 Å². The zero-order valence-corrected chi connectivity index (χ0v) is 19.1. The topological polar surface area (TPSA) is 70.8 Å². The van der Waals surface area contributed by atoms with E-state index in [9.17, 15) is 4.79 Å². The summed E-state index contributed by atoms with van der Waals surface area (Å²) in [5, 5.41) is 0.781. The highest BCUT2D eigenvalue weighted by Crippen LogP contribution is 2.44. The molecule has 1 heterocycles. The highest BCUT2D eigenvalue weighted by molar-refractivity contribution is 7.21. The fraction of sp³-hybridized carbons (Fsp3) is 0.400. The molecule has 0 spiro atoms. The van der Waals surface area contributed by atoms with Gasteiger partial charge in [-0.25, -0.2) is 4.79 Å². The van der Waals surface area contributed by atoms with Crippen LogP contribution in [0.1, 0.15) is 67.1 Å². The van der Waals surface area contributed by atoms with Crippen LogP contribution in [-0.2, 0) is 4.74 Å². The molecule has 0 aliphatic heterocycles. The van der Waals surface area contributed by atoms with E-state index >= 15 is 0 Å². The predicted octanol–water partition coefficient (Wildman–Crippen LogP) is 6.90. The first-order chi connectivity index (χ1) is 15.0. The summed E-state index contributed by atoms with van der Waals surface area (Å²) in [6.07, 6.45) is 6.22. The molecule has 31 heavy (non-hydrogen) atoms. The molecular weight excluding hydrogens is 410 g/mol. The number of methoxy groups -OCH3 is 1. The van der Waals surface area contributed by atoms with Crippen molar-refractivity contribution in [1.82, 2.24) is 0 Å².